The van der Waals surface area contributed by atoms with Gasteiger partial charge in [0.1, 0.15) is 17.9 Å². The number of hydrogen-bond acceptors (Lipinski definition) is 4. The van der Waals surface area contributed by atoms with Crippen LogP contribution in [0.4, 0.5) is 0 Å². The van der Waals surface area contributed by atoms with E-state index < -0.39 is 0 Å². The Bertz CT molecular complexity index is 912. The molecule has 3 aromatic rings. The van der Waals surface area contributed by atoms with Crippen molar-refractivity contribution in [3.05, 3.63) is 51.0 Å². The van der Waals surface area contributed by atoms with Crippen molar-refractivity contribution in [2.24, 2.45) is 0 Å². The fourth-order valence-corrected chi connectivity index (χ4v) is 2.56. The van der Waals surface area contributed by atoms with Gasteiger partial charge in [0.15, 0.2) is 5.58 Å². The first-order chi connectivity index (χ1) is 10.1. The van der Waals surface area contributed by atoms with Crippen molar-refractivity contribution in [1.29, 1.82) is 5.26 Å². The van der Waals surface area contributed by atoms with E-state index in [1.165, 1.54) is 6.07 Å². The summed E-state index contributed by atoms with van der Waals surface area (Å²) in [6.07, 6.45) is 0.667. The van der Waals surface area contributed by atoms with Crippen LogP contribution in [0.3, 0.4) is 0 Å². The molecule has 0 fully saturated rings. The minimum absolute atomic E-state index is 0.263. The van der Waals surface area contributed by atoms with Crippen LogP contribution in [0.1, 0.15) is 15.9 Å². The molecule has 0 radical (unpaired) electrons. The summed E-state index contributed by atoms with van der Waals surface area (Å²) in [5.74, 6) is 0.302. The molecule has 4 nitrogen and oxygen atoms in total. The van der Waals surface area contributed by atoms with Crippen molar-refractivity contribution in [2.45, 2.75) is 0 Å². The molecule has 3 rings (SSSR count). The largest absolute Gasteiger partial charge is 0.435 e. The first-order valence-electron chi connectivity index (χ1n) is 5.88. The average Bonchev–Trinajstić information content (AvgIpc) is 2.92. The minimum Gasteiger partial charge on any atom is -0.435 e. The monoisotopic (exact) mass is 360 g/mol. The average molecular weight is 362 g/mol. The Morgan fingerprint density at radius 1 is 1.38 bits per heavy atom. The van der Waals surface area contributed by atoms with E-state index in [2.05, 4.69) is 20.9 Å². The molecule has 102 valence electrons. The lowest BCUT2D eigenvalue weighted by Crippen LogP contribution is -1.83. The third-order valence-electron chi connectivity index (χ3n) is 2.95. The lowest BCUT2D eigenvalue weighted by atomic mass is 10.1. The molecule has 0 aliphatic carbocycles. The highest BCUT2D eigenvalue weighted by Crippen LogP contribution is 2.35. The lowest BCUT2D eigenvalue weighted by Gasteiger charge is -2.00. The van der Waals surface area contributed by atoms with E-state index in [1.54, 1.807) is 18.2 Å². The van der Waals surface area contributed by atoms with E-state index in [1.807, 2.05) is 12.1 Å². The van der Waals surface area contributed by atoms with Crippen LogP contribution in [0, 0.1) is 11.3 Å². The molecule has 0 aliphatic rings. The van der Waals surface area contributed by atoms with Crippen LogP contribution in [0.15, 0.2) is 39.2 Å². The van der Waals surface area contributed by atoms with Crippen molar-refractivity contribution in [3.8, 4) is 17.5 Å². The number of nitrogens with zero attached hydrogens (tertiary/aromatic N) is 2. The van der Waals surface area contributed by atoms with Gasteiger partial charge in [-0.2, -0.15) is 5.26 Å². The van der Waals surface area contributed by atoms with Crippen LogP contribution >= 0.6 is 27.5 Å². The van der Waals surface area contributed by atoms with Gasteiger partial charge in [0.05, 0.1) is 16.1 Å². The standard InChI is InChI=1S/C15H6BrClN2O2/c16-11-3-1-2-10(13(11)17)15-19-12-5-8(7-20)4-9(6-18)14(12)21-15/h1-5,7H. The molecule has 2 aromatic carbocycles. The first-order valence-corrected chi connectivity index (χ1v) is 7.05. The predicted molar refractivity (Wildman–Crippen MR) is 82.3 cm³/mol. The molecule has 0 saturated heterocycles. The second-order valence-corrected chi connectivity index (χ2v) is 5.50. The number of benzene rings is 2. The maximum Gasteiger partial charge on any atom is 0.228 e. The topological polar surface area (TPSA) is 66.9 Å². The summed E-state index contributed by atoms with van der Waals surface area (Å²) < 4.78 is 6.38. The predicted octanol–water partition coefficient (Wildman–Crippen LogP) is 4.59. The molecule has 6 heteroatoms. The van der Waals surface area contributed by atoms with E-state index in [9.17, 15) is 4.79 Å². The summed E-state index contributed by atoms with van der Waals surface area (Å²) >= 11 is 9.56. The van der Waals surface area contributed by atoms with E-state index in [-0.39, 0.29) is 5.56 Å². The summed E-state index contributed by atoms with van der Waals surface area (Å²) in [5.41, 5.74) is 2.04. The molecule has 1 heterocycles. The zero-order chi connectivity index (χ0) is 15.0. The molecule has 0 amide bonds. The van der Waals surface area contributed by atoms with Crippen LogP contribution < -0.4 is 0 Å². The Morgan fingerprint density at radius 3 is 2.90 bits per heavy atom. The van der Waals surface area contributed by atoms with Gasteiger partial charge in [-0.25, -0.2) is 4.98 Å². The number of nitriles is 1. The number of rotatable bonds is 2. The maximum absolute atomic E-state index is 10.9. The van der Waals surface area contributed by atoms with E-state index in [4.69, 9.17) is 21.3 Å². The number of carbonyl (C=O) groups is 1. The van der Waals surface area contributed by atoms with Gasteiger partial charge in [-0.05, 0) is 40.2 Å². The van der Waals surface area contributed by atoms with Crippen LogP contribution in [0.2, 0.25) is 5.02 Å². The highest BCUT2D eigenvalue weighted by molar-refractivity contribution is 9.10. The summed E-state index contributed by atoms with van der Waals surface area (Å²) in [4.78, 5) is 15.2. The van der Waals surface area contributed by atoms with Crippen molar-refractivity contribution in [3.63, 3.8) is 0 Å². The Morgan fingerprint density at radius 2 is 2.19 bits per heavy atom. The molecule has 0 atom stereocenters. The van der Waals surface area contributed by atoms with Crippen LogP contribution in [0.5, 0.6) is 0 Å². The highest BCUT2D eigenvalue weighted by Gasteiger charge is 2.16. The number of halogens is 2. The van der Waals surface area contributed by atoms with E-state index >= 15 is 0 Å². The molecule has 0 saturated carbocycles. The fourth-order valence-electron chi connectivity index (χ4n) is 1.99. The van der Waals surface area contributed by atoms with Crippen molar-refractivity contribution < 1.29 is 9.21 Å². The molecule has 0 N–H and O–H groups in total. The Labute approximate surface area is 133 Å². The molecule has 0 bridgehead atoms. The third kappa shape index (κ3) is 2.33. The number of aldehydes is 1. The Balaban J connectivity index is 2.29. The quantitative estimate of drug-likeness (QED) is 0.626. The normalized spacial score (nSPS) is 10.5. The fraction of sp³-hybridized carbons (Fsp3) is 0. The SMILES string of the molecule is N#Cc1cc(C=O)cc2nc(-c3cccc(Br)c3Cl)oc12. The van der Waals surface area contributed by atoms with Crippen LogP contribution in [-0.2, 0) is 0 Å². The number of oxazole rings is 1. The van der Waals surface area contributed by atoms with Crippen molar-refractivity contribution in [1.82, 2.24) is 4.98 Å². The number of carbonyl (C=O) groups excluding carboxylic acids is 1. The van der Waals surface area contributed by atoms with Gasteiger partial charge in [0.2, 0.25) is 5.89 Å². The van der Waals surface area contributed by atoms with Gasteiger partial charge in [0, 0.05) is 10.0 Å². The van der Waals surface area contributed by atoms with Crippen molar-refractivity contribution >= 4 is 44.9 Å². The molecule has 21 heavy (non-hydrogen) atoms. The minimum atomic E-state index is 0.263. The van der Waals surface area contributed by atoms with Crippen LogP contribution in [0.25, 0.3) is 22.6 Å². The molecule has 0 spiro atoms. The summed E-state index contributed by atoms with van der Waals surface area (Å²) in [6, 6.07) is 10.4. The van der Waals surface area contributed by atoms with Gasteiger partial charge in [-0.1, -0.05) is 17.7 Å². The van der Waals surface area contributed by atoms with Crippen LogP contribution in [-0.4, -0.2) is 11.3 Å². The zero-order valence-corrected chi connectivity index (χ0v) is 12.8. The Hall–Kier alpha value is -2.16. The second-order valence-electron chi connectivity index (χ2n) is 4.27. The Kier molecular flexibility index (Phi) is 3.50. The number of hydrogen-bond donors (Lipinski definition) is 0. The maximum atomic E-state index is 10.9. The smallest absolute Gasteiger partial charge is 0.228 e. The summed E-state index contributed by atoms with van der Waals surface area (Å²) in [6.45, 7) is 0. The number of aromatic nitrogens is 1. The molecular weight excluding hydrogens is 356 g/mol. The molecule has 1 aromatic heterocycles. The highest BCUT2D eigenvalue weighted by atomic mass is 79.9. The molecule has 0 aliphatic heterocycles. The van der Waals surface area contributed by atoms with Gasteiger partial charge in [0.25, 0.3) is 0 Å². The van der Waals surface area contributed by atoms with Gasteiger partial charge in [-0.3, -0.25) is 4.79 Å². The lowest BCUT2D eigenvalue weighted by molar-refractivity contribution is 0.112. The number of fused-ring (bicyclic) bond motifs is 1. The van der Waals surface area contributed by atoms with E-state index in [0.29, 0.717) is 39.4 Å². The van der Waals surface area contributed by atoms with Gasteiger partial charge in [-0.15, -0.1) is 0 Å². The third-order valence-corrected chi connectivity index (χ3v) is 4.25. The van der Waals surface area contributed by atoms with Crippen molar-refractivity contribution in [2.75, 3.05) is 0 Å². The van der Waals surface area contributed by atoms with Gasteiger partial charge < -0.3 is 4.42 Å². The second kappa shape index (κ2) is 5.32. The molecule has 0 unspecified atom stereocenters. The first kappa shape index (κ1) is 13.8. The summed E-state index contributed by atoms with van der Waals surface area (Å²) in [7, 11) is 0. The zero-order valence-electron chi connectivity index (χ0n) is 10.4. The summed E-state index contributed by atoms with van der Waals surface area (Å²) in [5, 5.41) is 9.62. The van der Waals surface area contributed by atoms with E-state index in [0.717, 1.165) is 4.47 Å². The van der Waals surface area contributed by atoms with Gasteiger partial charge >= 0.3 is 0 Å². The molecular formula is C15H6BrClN2O2.